The van der Waals surface area contributed by atoms with Gasteiger partial charge in [0.2, 0.25) is 10.0 Å². The van der Waals surface area contributed by atoms with E-state index in [1.54, 1.807) is 13.8 Å². The van der Waals surface area contributed by atoms with E-state index in [-0.39, 0.29) is 30.7 Å². The number of ether oxygens (including phenoxy) is 1. The highest BCUT2D eigenvalue weighted by Crippen LogP contribution is 2.07. The molecule has 3 N–H and O–H groups in total. The Morgan fingerprint density at radius 2 is 2.11 bits per heavy atom. The maximum absolute atomic E-state index is 12.0. The highest BCUT2D eigenvalue weighted by molar-refractivity contribution is 7.89. The minimum atomic E-state index is -3.37. The van der Waals surface area contributed by atoms with Crippen LogP contribution in [0.3, 0.4) is 0 Å². The largest absolute Gasteiger partial charge is 0.409 e. The molecule has 0 saturated heterocycles. The van der Waals surface area contributed by atoms with Gasteiger partial charge in [0.15, 0.2) is 0 Å². The average molecular weight is 281 g/mol. The van der Waals surface area contributed by atoms with Crippen molar-refractivity contribution in [2.75, 3.05) is 32.1 Å². The van der Waals surface area contributed by atoms with Crippen molar-refractivity contribution in [3.63, 3.8) is 0 Å². The van der Waals surface area contributed by atoms with Crippen molar-refractivity contribution in [1.29, 1.82) is 0 Å². The molecule has 1 unspecified atom stereocenters. The van der Waals surface area contributed by atoms with Gasteiger partial charge in [-0.1, -0.05) is 19.0 Å². The van der Waals surface area contributed by atoms with Gasteiger partial charge in [-0.15, -0.1) is 0 Å². The van der Waals surface area contributed by atoms with Crippen LogP contribution >= 0.6 is 0 Å². The first-order valence-corrected chi connectivity index (χ1v) is 7.52. The second-order valence-electron chi connectivity index (χ2n) is 3.89. The molecule has 108 valence electrons. The molecule has 0 aliphatic rings. The van der Waals surface area contributed by atoms with Crippen molar-refractivity contribution in [1.82, 2.24) is 4.31 Å². The van der Waals surface area contributed by atoms with Crippen molar-refractivity contribution in [3.8, 4) is 0 Å². The summed E-state index contributed by atoms with van der Waals surface area (Å²) in [6.07, 6.45) is 0. The molecule has 1 atom stereocenters. The first-order valence-electron chi connectivity index (χ1n) is 5.92. The molecule has 0 amide bonds. The number of oxime groups is 1. The Labute approximate surface area is 109 Å². The van der Waals surface area contributed by atoms with Crippen LogP contribution in [0.25, 0.3) is 0 Å². The number of amidine groups is 1. The average Bonchev–Trinajstić information content (AvgIpc) is 2.34. The number of sulfonamides is 1. The van der Waals surface area contributed by atoms with Gasteiger partial charge in [-0.2, -0.15) is 0 Å². The van der Waals surface area contributed by atoms with Gasteiger partial charge in [0.1, 0.15) is 5.84 Å². The normalized spacial score (nSPS) is 15.0. The van der Waals surface area contributed by atoms with E-state index < -0.39 is 10.0 Å². The van der Waals surface area contributed by atoms with Crippen molar-refractivity contribution < 1.29 is 18.4 Å². The molecule has 0 bridgehead atoms. The molecule has 0 aliphatic heterocycles. The third-order valence-corrected chi connectivity index (χ3v) is 4.41. The van der Waals surface area contributed by atoms with Gasteiger partial charge in [-0.3, -0.25) is 0 Å². The number of hydrogen-bond acceptors (Lipinski definition) is 5. The Kier molecular flexibility index (Phi) is 7.88. The van der Waals surface area contributed by atoms with Crippen LogP contribution in [-0.4, -0.2) is 55.8 Å². The minimum absolute atomic E-state index is 0.0217. The molecule has 0 saturated carbocycles. The Morgan fingerprint density at radius 1 is 1.50 bits per heavy atom. The lowest BCUT2D eigenvalue weighted by molar-refractivity contribution is 0.162. The van der Waals surface area contributed by atoms with Gasteiger partial charge in [0.05, 0.1) is 12.4 Å². The molecule has 8 heteroatoms. The van der Waals surface area contributed by atoms with Crippen LogP contribution in [-0.2, 0) is 14.8 Å². The predicted molar refractivity (Wildman–Crippen MR) is 70.1 cm³/mol. The van der Waals surface area contributed by atoms with E-state index in [0.29, 0.717) is 13.2 Å². The maximum atomic E-state index is 12.0. The number of nitrogens with zero attached hydrogens (tertiary/aromatic N) is 2. The van der Waals surface area contributed by atoms with Crippen LogP contribution in [0.2, 0.25) is 0 Å². The van der Waals surface area contributed by atoms with Crippen molar-refractivity contribution >= 4 is 15.9 Å². The molecule has 0 aromatic rings. The molecule has 0 heterocycles. The third kappa shape index (κ3) is 5.65. The lowest BCUT2D eigenvalue weighted by atomic mass is 10.1. The van der Waals surface area contributed by atoms with E-state index in [4.69, 9.17) is 15.7 Å². The van der Waals surface area contributed by atoms with Crippen molar-refractivity contribution in [3.05, 3.63) is 0 Å². The highest BCUT2D eigenvalue weighted by atomic mass is 32.2. The summed E-state index contributed by atoms with van der Waals surface area (Å²) in [4.78, 5) is 0. The zero-order valence-electron chi connectivity index (χ0n) is 11.2. The van der Waals surface area contributed by atoms with E-state index in [2.05, 4.69) is 5.16 Å². The van der Waals surface area contributed by atoms with Crippen LogP contribution in [0, 0.1) is 5.92 Å². The summed E-state index contributed by atoms with van der Waals surface area (Å²) in [7, 11) is -3.37. The minimum Gasteiger partial charge on any atom is -0.409 e. The third-order valence-electron chi connectivity index (χ3n) is 2.53. The molecule has 0 aromatic heterocycles. The summed E-state index contributed by atoms with van der Waals surface area (Å²) in [6.45, 7) is 6.46. The molecular formula is C10H23N3O4S. The topological polar surface area (TPSA) is 105 Å². The molecular weight excluding hydrogens is 258 g/mol. The fourth-order valence-electron chi connectivity index (χ4n) is 1.37. The Bertz CT molecular complexity index is 356. The van der Waals surface area contributed by atoms with Crippen LogP contribution < -0.4 is 5.73 Å². The zero-order valence-corrected chi connectivity index (χ0v) is 12.0. The van der Waals surface area contributed by atoms with Gasteiger partial charge >= 0.3 is 0 Å². The predicted octanol–water partition coefficient (Wildman–Crippen LogP) is 0.0571. The van der Waals surface area contributed by atoms with Crippen LogP contribution in [0.1, 0.15) is 20.8 Å². The quantitative estimate of drug-likeness (QED) is 0.204. The summed E-state index contributed by atoms with van der Waals surface area (Å²) in [5, 5.41) is 11.4. The first-order chi connectivity index (χ1) is 8.38. The number of rotatable bonds is 9. The summed E-state index contributed by atoms with van der Waals surface area (Å²) in [5.41, 5.74) is 5.44. The van der Waals surface area contributed by atoms with Crippen LogP contribution in [0.4, 0.5) is 0 Å². The second kappa shape index (κ2) is 8.28. The van der Waals surface area contributed by atoms with Gasteiger partial charge < -0.3 is 15.7 Å². The fraction of sp³-hybridized carbons (Fsp3) is 0.900. The zero-order chi connectivity index (χ0) is 14.2. The smallest absolute Gasteiger partial charge is 0.216 e. The lowest BCUT2D eigenvalue weighted by Crippen LogP contribution is -2.40. The van der Waals surface area contributed by atoms with Crippen molar-refractivity contribution in [2.45, 2.75) is 20.8 Å². The van der Waals surface area contributed by atoms with Crippen molar-refractivity contribution in [2.24, 2.45) is 16.8 Å². The number of hydrogen-bond donors (Lipinski definition) is 2. The van der Waals surface area contributed by atoms with Crippen LogP contribution in [0.15, 0.2) is 5.16 Å². The maximum Gasteiger partial charge on any atom is 0.216 e. The van der Waals surface area contributed by atoms with E-state index in [9.17, 15) is 8.42 Å². The number of nitrogens with two attached hydrogens (primary N) is 1. The van der Waals surface area contributed by atoms with E-state index in [0.717, 1.165) is 0 Å². The van der Waals surface area contributed by atoms with Gasteiger partial charge in [0.25, 0.3) is 0 Å². The summed E-state index contributed by atoms with van der Waals surface area (Å²) in [5.74, 6) is -0.373. The fourth-order valence-corrected chi connectivity index (χ4v) is 2.81. The molecule has 7 nitrogen and oxygen atoms in total. The summed E-state index contributed by atoms with van der Waals surface area (Å²) in [6, 6.07) is 0. The molecule has 0 fully saturated rings. The summed E-state index contributed by atoms with van der Waals surface area (Å²) >= 11 is 0. The van der Waals surface area contributed by atoms with E-state index in [1.165, 1.54) is 4.31 Å². The molecule has 0 rings (SSSR count). The van der Waals surface area contributed by atoms with E-state index >= 15 is 0 Å². The van der Waals surface area contributed by atoms with E-state index in [1.807, 2.05) is 6.92 Å². The second-order valence-corrected chi connectivity index (χ2v) is 5.98. The SMILES string of the molecule is CCOCCS(=O)(=O)N(CC)CC(C)C(N)=NO. The standard InChI is InChI=1S/C10H23N3O4S/c1-4-13(8-9(3)10(11)12-14)18(15,16)7-6-17-5-2/h9,14H,4-8H2,1-3H3,(H2,11,12). The Morgan fingerprint density at radius 3 is 2.56 bits per heavy atom. The molecule has 18 heavy (non-hydrogen) atoms. The first kappa shape index (κ1) is 17.1. The Hall–Kier alpha value is -0.860. The molecule has 0 aliphatic carbocycles. The molecule has 0 spiro atoms. The lowest BCUT2D eigenvalue weighted by Gasteiger charge is -2.23. The highest BCUT2D eigenvalue weighted by Gasteiger charge is 2.23. The van der Waals surface area contributed by atoms with Crippen LogP contribution in [0.5, 0.6) is 0 Å². The van der Waals surface area contributed by atoms with Gasteiger partial charge in [-0.05, 0) is 6.92 Å². The monoisotopic (exact) mass is 281 g/mol. The molecule has 0 aromatic carbocycles. The molecule has 0 radical (unpaired) electrons. The van der Waals surface area contributed by atoms with Gasteiger partial charge in [-0.25, -0.2) is 12.7 Å². The summed E-state index contributed by atoms with van der Waals surface area (Å²) < 4.78 is 30.3. The Balaban J connectivity index is 4.56. The van der Waals surface area contributed by atoms with Gasteiger partial charge in [0, 0.05) is 25.6 Å².